The predicted octanol–water partition coefficient (Wildman–Crippen LogP) is 3.75. The molecule has 0 heterocycles. The van der Waals surface area contributed by atoms with Gasteiger partial charge in [0.25, 0.3) is 0 Å². The summed E-state index contributed by atoms with van der Waals surface area (Å²) >= 11 is 11.8. The van der Waals surface area contributed by atoms with E-state index in [-0.39, 0.29) is 34.5 Å². The summed E-state index contributed by atoms with van der Waals surface area (Å²) in [4.78, 5) is 11.5. The van der Waals surface area contributed by atoms with E-state index in [4.69, 9.17) is 23.2 Å². The molecule has 0 fully saturated rings. The number of sulfonamides is 1. The topological polar surface area (TPSA) is 63.7 Å². The van der Waals surface area contributed by atoms with Gasteiger partial charge in [-0.05, 0) is 23.8 Å². The van der Waals surface area contributed by atoms with Gasteiger partial charge in [0.15, 0.2) is 0 Å². The summed E-state index contributed by atoms with van der Waals surface area (Å²) in [7, 11) is -2.60. The van der Waals surface area contributed by atoms with Crippen molar-refractivity contribution < 1.29 is 17.9 Å². The molecule has 0 aromatic heterocycles. The van der Waals surface area contributed by atoms with Gasteiger partial charge in [-0.3, -0.25) is 4.79 Å². The third-order valence-electron chi connectivity index (χ3n) is 3.52. The third kappa shape index (κ3) is 5.19. The molecule has 0 N–H and O–H groups in total. The lowest BCUT2D eigenvalue weighted by Gasteiger charge is -2.22. The number of esters is 1. The van der Waals surface area contributed by atoms with E-state index in [1.165, 1.54) is 29.6 Å². The number of nitrogens with zero attached hydrogens (tertiary/aromatic N) is 1. The van der Waals surface area contributed by atoms with Gasteiger partial charge >= 0.3 is 5.97 Å². The highest BCUT2D eigenvalue weighted by atomic mass is 35.5. The van der Waals surface area contributed by atoms with Gasteiger partial charge in [-0.15, -0.1) is 0 Å². The fourth-order valence-corrected chi connectivity index (χ4v) is 3.99. The summed E-state index contributed by atoms with van der Waals surface area (Å²) in [6, 6.07) is 13.2. The molecule has 0 saturated heterocycles. The molecule has 0 unspecified atom stereocenters. The minimum atomic E-state index is -3.86. The quantitative estimate of drug-likeness (QED) is 0.662. The van der Waals surface area contributed by atoms with Crippen molar-refractivity contribution in [2.75, 3.05) is 13.7 Å². The molecular formula is C17H17Cl2NO4S. The van der Waals surface area contributed by atoms with Crippen molar-refractivity contribution in [3.05, 3.63) is 64.1 Å². The number of rotatable bonds is 7. The second-order valence-corrected chi connectivity index (χ2v) is 7.98. The molecule has 0 spiro atoms. The zero-order valence-corrected chi connectivity index (χ0v) is 15.8. The van der Waals surface area contributed by atoms with Gasteiger partial charge < -0.3 is 4.74 Å². The standard InChI is InChI=1S/C17H17Cl2NO4S/c1-24-17(21)9-10-20(12-13-5-3-2-4-6-13)25(22,23)14-7-8-15(18)16(19)11-14/h2-8,11H,9-10,12H2,1H3. The zero-order valence-electron chi connectivity index (χ0n) is 13.5. The SMILES string of the molecule is COC(=O)CCN(Cc1ccccc1)S(=O)(=O)c1ccc(Cl)c(Cl)c1. The molecule has 0 atom stereocenters. The highest BCUT2D eigenvalue weighted by molar-refractivity contribution is 7.89. The number of halogens is 2. The molecule has 2 aromatic rings. The van der Waals surface area contributed by atoms with Crippen molar-refractivity contribution in [3.63, 3.8) is 0 Å². The molecule has 2 rings (SSSR count). The van der Waals surface area contributed by atoms with Crippen LogP contribution in [0.5, 0.6) is 0 Å². The summed E-state index contributed by atoms with van der Waals surface area (Å²) in [5.41, 5.74) is 0.802. The van der Waals surface area contributed by atoms with E-state index in [2.05, 4.69) is 4.74 Å². The van der Waals surface area contributed by atoms with Gasteiger partial charge in [-0.25, -0.2) is 8.42 Å². The highest BCUT2D eigenvalue weighted by Crippen LogP contribution is 2.27. The maximum atomic E-state index is 13.0. The molecule has 25 heavy (non-hydrogen) atoms. The summed E-state index contributed by atoms with van der Waals surface area (Å²) in [5.74, 6) is -0.484. The molecule has 0 bridgehead atoms. The van der Waals surface area contributed by atoms with Crippen molar-refractivity contribution in [2.45, 2.75) is 17.9 Å². The molecule has 8 heteroatoms. The molecule has 2 aromatic carbocycles. The Hall–Kier alpha value is -1.60. The highest BCUT2D eigenvalue weighted by Gasteiger charge is 2.26. The average molecular weight is 402 g/mol. The maximum absolute atomic E-state index is 13.0. The molecule has 5 nitrogen and oxygen atoms in total. The Balaban J connectivity index is 2.34. The van der Waals surface area contributed by atoms with Gasteiger partial charge in [0, 0.05) is 13.1 Å². The molecule has 0 amide bonds. The number of ether oxygens (including phenoxy) is 1. The van der Waals surface area contributed by atoms with Crippen molar-refractivity contribution in [1.82, 2.24) is 4.31 Å². The Morgan fingerprint density at radius 2 is 1.76 bits per heavy atom. The van der Waals surface area contributed by atoms with E-state index in [9.17, 15) is 13.2 Å². The van der Waals surface area contributed by atoms with Crippen molar-refractivity contribution >= 4 is 39.2 Å². The van der Waals surface area contributed by atoms with Crippen LogP contribution in [0.25, 0.3) is 0 Å². The number of hydrogen-bond acceptors (Lipinski definition) is 4. The molecular weight excluding hydrogens is 385 g/mol. The minimum absolute atomic E-state index is 0.00978. The van der Waals surface area contributed by atoms with E-state index in [1.807, 2.05) is 30.3 Å². The Labute approximate surface area is 157 Å². The van der Waals surface area contributed by atoms with Gasteiger partial charge in [-0.2, -0.15) is 4.31 Å². The van der Waals surface area contributed by atoms with Crippen LogP contribution in [0, 0.1) is 0 Å². The van der Waals surface area contributed by atoms with E-state index >= 15 is 0 Å². The number of hydrogen-bond donors (Lipinski definition) is 0. The number of carbonyl (C=O) groups excluding carboxylic acids is 1. The Morgan fingerprint density at radius 3 is 2.36 bits per heavy atom. The first kappa shape index (κ1) is 19.7. The fourth-order valence-electron chi connectivity index (χ4n) is 2.18. The Morgan fingerprint density at radius 1 is 1.08 bits per heavy atom. The van der Waals surface area contributed by atoms with E-state index < -0.39 is 16.0 Å². The second kappa shape index (κ2) is 8.67. The Bertz CT molecular complexity index is 841. The summed E-state index contributed by atoms with van der Waals surface area (Å²) < 4.78 is 31.8. The van der Waals surface area contributed by atoms with Crippen LogP contribution in [-0.2, 0) is 26.1 Å². The third-order valence-corrected chi connectivity index (χ3v) is 6.10. The molecule has 0 aliphatic carbocycles. The van der Waals surface area contributed by atoms with Crippen LogP contribution >= 0.6 is 23.2 Å². The van der Waals surface area contributed by atoms with Crippen LogP contribution in [0.1, 0.15) is 12.0 Å². The molecule has 0 radical (unpaired) electrons. The van der Waals surface area contributed by atoms with Crippen LogP contribution in [-0.4, -0.2) is 32.3 Å². The zero-order chi connectivity index (χ0) is 18.4. The summed E-state index contributed by atoms with van der Waals surface area (Å²) in [5, 5.41) is 0.417. The van der Waals surface area contributed by atoms with Crippen LogP contribution in [0.4, 0.5) is 0 Å². The second-order valence-electron chi connectivity index (χ2n) is 5.23. The van der Waals surface area contributed by atoms with Crippen LogP contribution in [0.2, 0.25) is 10.0 Å². The van der Waals surface area contributed by atoms with Crippen LogP contribution < -0.4 is 0 Å². The maximum Gasteiger partial charge on any atom is 0.306 e. The van der Waals surface area contributed by atoms with Crippen molar-refractivity contribution in [3.8, 4) is 0 Å². The van der Waals surface area contributed by atoms with Crippen LogP contribution in [0.15, 0.2) is 53.4 Å². The Kier molecular flexibility index (Phi) is 6.84. The van der Waals surface area contributed by atoms with Crippen molar-refractivity contribution in [2.24, 2.45) is 0 Å². The first-order valence-corrected chi connectivity index (χ1v) is 9.60. The first-order chi connectivity index (χ1) is 11.8. The predicted molar refractivity (Wildman–Crippen MR) is 97.1 cm³/mol. The van der Waals surface area contributed by atoms with Crippen LogP contribution in [0.3, 0.4) is 0 Å². The van der Waals surface area contributed by atoms with E-state index in [0.717, 1.165) is 5.56 Å². The fraction of sp³-hybridized carbons (Fsp3) is 0.235. The molecule has 134 valence electrons. The number of methoxy groups -OCH3 is 1. The summed E-state index contributed by atoms with van der Waals surface area (Å²) in [6.45, 7) is 0.116. The van der Waals surface area contributed by atoms with E-state index in [1.54, 1.807) is 0 Å². The van der Waals surface area contributed by atoms with Gasteiger partial charge in [0.1, 0.15) is 0 Å². The van der Waals surface area contributed by atoms with E-state index in [0.29, 0.717) is 0 Å². The van der Waals surface area contributed by atoms with Gasteiger partial charge in [-0.1, -0.05) is 53.5 Å². The number of benzene rings is 2. The van der Waals surface area contributed by atoms with Gasteiger partial charge in [0.2, 0.25) is 10.0 Å². The largest absolute Gasteiger partial charge is 0.469 e. The molecule has 0 saturated carbocycles. The summed E-state index contributed by atoms with van der Waals surface area (Å²) in [6.07, 6.45) is -0.0517. The lowest BCUT2D eigenvalue weighted by atomic mass is 10.2. The smallest absolute Gasteiger partial charge is 0.306 e. The first-order valence-electron chi connectivity index (χ1n) is 7.40. The lowest BCUT2D eigenvalue weighted by Crippen LogP contribution is -2.33. The molecule has 0 aliphatic heterocycles. The lowest BCUT2D eigenvalue weighted by molar-refractivity contribution is -0.140. The van der Waals surface area contributed by atoms with Gasteiger partial charge in [0.05, 0.1) is 28.5 Å². The minimum Gasteiger partial charge on any atom is -0.469 e. The van der Waals surface area contributed by atoms with Crippen molar-refractivity contribution in [1.29, 1.82) is 0 Å². The number of carbonyl (C=O) groups is 1. The monoisotopic (exact) mass is 401 g/mol. The molecule has 0 aliphatic rings. The average Bonchev–Trinajstić information content (AvgIpc) is 2.61. The normalized spacial score (nSPS) is 11.5.